The number of rotatable bonds is 4. The maximum atomic E-state index is 9.43. The quantitative estimate of drug-likeness (QED) is 0.352. The van der Waals surface area contributed by atoms with Crippen LogP contribution in [0.1, 0.15) is 11.1 Å². The lowest BCUT2D eigenvalue weighted by Crippen LogP contribution is -1.82. The molecule has 0 saturated heterocycles. The van der Waals surface area contributed by atoms with E-state index in [0.717, 1.165) is 25.9 Å². The van der Waals surface area contributed by atoms with Crippen LogP contribution in [0.2, 0.25) is 10.0 Å². The van der Waals surface area contributed by atoms with E-state index in [2.05, 4.69) is 6.07 Å². The Morgan fingerprint density at radius 2 is 1.48 bits per heavy atom. The summed E-state index contributed by atoms with van der Waals surface area (Å²) in [6.07, 6.45) is 1.86. The predicted molar refractivity (Wildman–Crippen MR) is 107 cm³/mol. The fourth-order valence-electron chi connectivity index (χ4n) is 2.27. The van der Waals surface area contributed by atoms with Crippen LogP contribution in [-0.2, 0) is 0 Å². The number of hydrogen-bond donors (Lipinski definition) is 0. The van der Waals surface area contributed by atoms with Crippen LogP contribution >= 0.6 is 35.0 Å². The third-order valence-corrected chi connectivity index (χ3v) is 5.00. The second-order valence-corrected chi connectivity index (χ2v) is 7.32. The van der Waals surface area contributed by atoms with Gasteiger partial charge in [-0.3, -0.25) is 0 Å². The number of allylic oxidation sites excluding steroid dienone is 1. The summed E-state index contributed by atoms with van der Waals surface area (Å²) >= 11 is 13.6. The van der Waals surface area contributed by atoms with Crippen LogP contribution in [-0.4, -0.2) is 0 Å². The molecule has 0 atom stereocenters. The SMILES string of the molecule is N#C/C(=C/c1ccc(Sc2ccc(Cl)cc2)cc1)c1cccc(Cl)c1. The molecule has 0 unspecified atom stereocenters. The van der Waals surface area contributed by atoms with Gasteiger partial charge in [-0.25, -0.2) is 0 Å². The minimum absolute atomic E-state index is 0.584. The Balaban J connectivity index is 1.79. The Morgan fingerprint density at radius 3 is 2.08 bits per heavy atom. The van der Waals surface area contributed by atoms with Crippen LogP contribution in [0.3, 0.4) is 0 Å². The highest BCUT2D eigenvalue weighted by Crippen LogP contribution is 2.29. The maximum Gasteiger partial charge on any atom is 0.0998 e. The summed E-state index contributed by atoms with van der Waals surface area (Å²) in [5, 5.41) is 10.8. The van der Waals surface area contributed by atoms with Gasteiger partial charge in [-0.05, 0) is 65.7 Å². The predicted octanol–water partition coefficient (Wildman–Crippen LogP) is 7.21. The Hall–Kier alpha value is -2.18. The van der Waals surface area contributed by atoms with Crippen molar-refractivity contribution in [2.45, 2.75) is 9.79 Å². The molecular weight excluding hydrogens is 369 g/mol. The molecule has 1 nitrogen and oxygen atoms in total. The zero-order valence-electron chi connectivity index (χ0n) is 13.1. The molecule has 0 aliphatic heterocycles. The smallest absolute Gasteiger partial charge is 0.0998 e. The van der Waals surface area contributed by atoms with Gasteiger partial charge in [-0.1, -0.05) is 59.2 Å². The Labute approximate surface area is 161 Å². The van der Waals surface area contributed by atoms with Crippen molar-refractivity contribution in [1.82, 2.24) is 0 Å². The van der Waals surface area contributed by atoms with Gasteiger partial charge in [0.1, 0.15) is 0 Å². The number of hydrogen-bond acceptors (Lipinski definition) is 2. The lowest BCUT2D eigenvalue weighted by molar-refractivity contribution is 1.40. The first-order valence-corrected chi connectivity index (χ1v) is 9.12. The third-order valence-electron chi connectivity index (χ3n) is 3.50. The van der Waals surface area contributed by atoms with Crippen LogP contribution < -0.4 is 0 Å². The summed E-state index contributed by atoms with van der Waals surface area (Å²) in [7, 11) is 0. The number of halogens is 2. The van der Waals surface area contributed by atoms with E-state index in [9.17, 15) is 5.26 Å². The second kappa shape index (κ2) is 8.27. The van der Waals surface area contributed by atoms with Gasteiger partial charge in [0, 0.05) is 19.8 Å². The van der Waals surface area contributed by atoms with E-state index in [4.69, 9.17) is 23.2 Å². The maximum absolute atomic E-state index is 9.43. The highest BCUT2D eigenvalue weighted by Gasteiger charge is 2.03. The summed E-state index contributed by atoms with van der Waals surface area (Å²) in [5.74, 6) is 0. The first-order valence-electron chi connectivity index (χ1n) is 7.55. The molecule has 0 aliphatic rings. The standard InChI is InChI=1S/C21H13Cl2NS/c22-18-6-10-21(11-7-18)25-20-8-4-15(5-9-20)12-17(14-24)16-2-1-3-19(23)13-16/h1-13H/b17-12-. The zero-order chi connectivity index (χ0) is 17.6. The monoisotopic (exact) mass is 381 g/mol. The van der Waals surface area contributed by atoms with Gasteiger partial charge >= 0.3 is 0 Å². The van der Waals surface area contributed by atoms with Crippen molar-refractivity contribution in [3.05, 3.63) is 94.0 Å². The summed E-state index contributed by atoms with van der Waals surface area (Å²) in [6.45, 7) is 0. The van der Waals surface area contributed by atoms with E-state index in [1.807, 2.05) is 66.7 Å². The van der Waals surface area contributed by atoms with Crippen molar-refractivity contribution < 1.29 is 0 Å². The van der Waals surface area contributed by atoms with E-state index in [1.165, 1.54) is 0 Å². The van der Waals surface area contributed by atoms with Crippen molar-refractivity contribution in [3.63, 3.8) is 0 Å². The van der Waals surface area contributed by atoms with Crippen LogP contribution in [0.15, 0.2) is 82.6 Å². The number of nitrogens with zero attached hydrogens (tertiary/aromatic N) is 1. The normalized spacial score (nSPS) is 11.2. The number of nitriles is 1. The van der Waals surface area contributed by atoms with Crippen molar-refractivity contribution in [1.29, 1.82) is 5.26 Å². The van der Waals surface area contributed by atoms with Gasteiger partial charge in [-0.15, -0.1) is 0 Å². The highest BCUT2D eigenvalue weighted by atomic mass is 35.5. The van der Waals surface area contributed by atoms with Gasteiger partial charge in [0.2, 0.25) is 0 Å². The average Bonchev–Trinajstić information content (AvgIpc) is 2.63. The summed E-state index contributed by atoms with van der Waals surface area (Å²) in [4.78, 5) is 2.25. The molecule has 3 aromatic rings. The minimum Gasteiger partial charge on any atom is -0.192 e. The van der Waals surface area contributed by atoms with Gasteiger partial charge in [0.05, 0.1) is 11.6 Å². The molecule has 0 aromatic heterocycles. The Kier molecular flexibility index (Phi) is 5.83. The molecule has 0 N–H and O–H groups in total. The van der Waals surface area contributed by atoms with Crippen molar-refractivity contribution >= 4 is 46.6 Å². The topological polar surface area (TPSA) is 23.8 Å². The van der Waals surface area contributed by atoms with Gasteiger partial charge < -0.3 is 0 Å². The van der Waals surface area contributed by atoms with Crippen LogP contribution in [0.5, 0.6) is 0 Å². The summed E-state index contributed by atoms with van der Waals surface area (Å²) in [5.41, 5.74) is 2.37. The lowest BCUT2D eigenvalue weighted by Gasteiger charge is -2.04. The van der Waals surface area contributed by atoms with Crippen molar-refractivity contribution in [3.8, 4) is 6.07 Å². The van der Waals surface area contributed by atoms with E-state index in [1.54, 1.807) is 23.9 Å². The molecule has 0 amide bonds. The van der Waals surface area contributed by atoms with Crippen LogP contribution in [0.4, 0.5) is 0 Å². The average molecular weight is 382 g/mol. The first-order chi connectivity index (χ1) is 12.1. The number of benzene rings is 3. The molecule has 3 aromatic carbocycles. The van der Waals surface area contributed by atoms with E-state index in [0.29, 0.717) is 10.6 Å². The molecule has 0 heterocycles. The van der Waals surface area contributed by atoms with Gasteiger partial charge in [0.15, 0.2) is 0 Å². The first kappa shape index (κ1) is 17.6. The highest BCUT2D eigenvalue weighted by molar-refractivity contribution is 7.99. The van der Waals surface area contributed by atoms with Crippen molar-refractivity contribution in [2.75, 3.05) is 0 Å². The third kappa shape index (κ3) is 4.90. The molecule has 0 spiro atoms. The van der Waals surface area contributed by atoms with Crippen LogP contribution in [0, 0.1) is 11.3 Å². The molecule has 25 heavy (non-hydrogen) atoms. The fourth-order valence-corrected chi connectivity index (χ4v) is 3.41. The van der Waals surface area contributed by atoms with E-state index in [-0.39, 0.29) is 0 Å². The van der Waals surface area contributed by atoms with Gasteiger partial charge in [0.25, 0.3) is 0 Å². The molecule has 0 saturated carbocycles. The van der Waals surface area contributed by atoms with E-state index >= 15 is 0 Å². The van der Waals surface area contributed by atoms with Crippen LogP contribution in [0.25, 0.3) is 11.6 Å². The molecule has 0 bridgehead atoms. The fraction of sp³-hybridized carbons (Fsp3) is 0. The Bertz CT molecular complexity index is 939. The zero-order valence-corrected chi connectivity index (χ0v) is 15.4. The molecule has 3 rings (SSSR count). The second-order valence-electron chi connectivity index (χ2n) is 5.31. The summed E-state index contributed by atoms with van der Waals surface area (Å²) in [6, 6.07) is 25.4. The molecule has 4 heteroatoms. The van der Waals surface area contributed by atoms with Crippen molar-refractivity contribution in [2.24, 2.45) is 0 Å². The summed E-state index contributed by atoms with van der Waals surface area (Å²) < 4.78 is 0. The molecular formula is C21H13Cl2NS. The Morgan fingerprint density at radius 1 is 0.840 bits per heavy atom. The van der Waals surface area contributed by atoms with Gasteiger partial charge in [-0.2, -0.15) is 5.26 Å². The largest absolute Gasteiger partial charge is 0.192 e. The lowest BCUT2D eigenvalue weighted by atomic mass is 10.0. The molecule has 0 fully saturated rings. The van der Waals surface area contributed by atoms with E-state index < -0.39 is 0 Å². The molecule has 0 radical (unpaired) electrons. The molecule has 0 aliphatic carbocycles. The minimum atomic E-state index is 0.584. The molecule has 122 valence electrons.